The van der Waals surface area contributed by atoms with Gasteiger partial charge in [-0.2, -0.15) is 0 Å². The molecule has 148 valence electrons. The molecule has 1 aromatic rings. The van der Waals surface area contributed by atoms with Crippen molar-refractivity contribution in [3.05, 3.63) is 35.9 Å². The molecule has 3 rings (SSSR count). The highest BCUT2D eigenvalue weighted by molar-refractivity contribution is 5.80. The smallest absolute Gasteiger partial charge is 0.317 e. The van der Waals surface area contributed by atoms with Crippen molar-refractivity contribution in [2.75, 3.05) is 13.7 Å². The number of benzene rings is 1. The van der Waals surface area contributed by atoms with Gasteiger partial charge >= 0.3 is 11.9 Å². The van der Waals surface area contributed by atoms with Gasteiger partial charge in [0.05, 0.1) is 5.41 Å². The number of hydrogen-bond acceptors (Lipinski definition) is 5. The fourth-order valence-corrected chi connectivity index (χ4v) is 4.07. The summed E-state index contributed by atoms with van der Waals surface area (Å²) in [6, 6.07) is 10.5. The summed E-state index contributed by atoms with van der Waals surface area (Å²) in [7, 11) is 2.17. The first-order valence-electron chi connectivity index (χ1n) is 9.90. The molecular formula is C22H31NO4. The van der Waals surface area contributed by atoms with Gasteiger partial charge in [-0.1, -0.05) is 30.3 Å². The predicted molar refractivity (Wildman–Crippen MR) is 103 cm³/mol. The normalized spacial score (nSPS) is 26.4. The maximum Gasteiger partial charge on any atom is 0.317 e. The van der Waals surface area contributed by atoms with Gasteiger partial charge in [0, 0.05) is 12.1 Å². The van der Waals surface area contributed by atoms with Crippen molar-refractivity contribution in [2.45, 2.75) is 70.6 Å². The van der Waals surface area contributed by atoms with Gasteiger partial charge < -0.3 is 14.4 Å². The van der Waals surface area contributed by atoms with Crippen molar-refractivity contribution in [3.63, 3.8) is 0 Å². The lowest BCUT2D eigenvalue weighted by atomic mass is 9.96. The van der Waals surface area contributed by atoms with Crippen LogP contribution in [0.5, 0.6) is 0 Å². The molecule has 0 aromatic heterocycles. The van der Waals surface area contributed by atoms with Gasteiger partial charge in [-0.3, -0.25) is 9.59 Å². The molecule has 2 saturated heterocycles. The van der Waals surface area contributed by atoms with Crippen LogP contribution in [-0.2, 0) is 19.1 Å². The highest BCUT2D eigenvalue weighted by Gasteiger charge is 2.40. The van der Waals surface area contributed by atoms with Crippen LogP contribution in [0.3, 0.4) is 0 Å². The lowest BCUT2D eigenvalue weighted by molar-refractivity contribution is -0.160. The Morgan fingerprint density at radius 2 is 1.70 bits per heavy atom. The average molecular weight is 373 g/mol. The second-order valence-electron chi connectivity index (χ2n) is 8.89. The van der Waals surface area contributed by atoms with Gasteiger partial charge in [0.15, 0.2) is 0 Å². The van der Waals surface area contributed by atoms with E-state index in [1.54, 1.807) is 20.8 Å². The van der Waals surface area contributed by atoms with Gasteiger partial charge in [-0.15, -0.1) is 0 Å². The fraction of sp³-hybridized carbons (Fsp3) is 0.636. The molecule has 0 saturated carbocycles. The van der Waals surface area contributed by atoms with E-state index in [1.807, 2.05) is 30.3 Å². The molecule has 1 aromatic carbocycles. The quantitative estimate of drug-likeness (QED) is 0.739. The van der Waals surface area contributed by atoms with Crippen LogP contribution in [-0.4, -0.2) is 48.7 Å². The number of carbonyl (C=O) groups is 2. The Kier molecular flexibility index (Phi) is 5.89. The summed E-state index contributed by atoms with van der Waals surface area (Å²) in [6.45, 7) is 5.43. The molecule has 2 fully saturated rings. The topological polar surface area (TPSA) is 55.8 Å². The highest BCUT2D eigenvalue weighted by Crippen LogP contribution is 2.36. The number of carbonyl (C=O) groups excluding carboxylic acids is 2. The second kappa shape index (κ2) is 8.01. The fourth-order valence-electron chi connectivity index (χ4n) is 4.07. The minimum absolute atomic E-state index is 0.0123. The van der Waals surface area contributed by atoms with E-state index in [1.165, 1.54) is 12.8 Å². The van der Waals surface area contributed by atoms with Crippen LogP contribution in [0.15, 0.2) is 30.3 Å². The Balaban J connectivity index is 1.67. The van der Waals surface area contributed by atoms with Crippen LogP contribution in [0.4, 0.5) is 0 Å². The summed E-state index contributed by atoms with van der Waals surface area (Å²) in [4.78, 5) is 27.5. The van der Waals surface area contributed by atoms with E-state index in [0.29, 0.717) is 12.1 Å². The largest absolute Gasteiger partial charge is 0.464 e. The van der Waals surface area contributed by atoms with Crippen molar-refractivity contribution < 1.29 is 19.1 Å². The first kappa shape index (κ1) is 19.9. The highest BCUT2D eigenvalue weighted by atomic mass is 16.6. The minimum atomic E-state index is -0.599. The van der Waals surface area contributed by atoms with Gasteiger partial charge in [0.25, 0.3) is 0 Å². The molecular weight excluding hydrogens is 342 g/mol. The van der Waals surface area contributed by atoms with Crippen LogP contribution in [0.25, 0.3) is 0 Å². The maximum absolute atomic E-state index is 13.0. The molecule has 0 N–H and O–H groups in total. The van der Waals surface area contributed by atoms with Crippen molar-refractivity contribution in [3.8, 4) is 0 Å². The van der Waals surface area contributed by atoms with Crippen molar-refractivity contribution in [2.24, 2.45) is 5.41 Å². The number of nitrogens with zero attached hydrogens (tertiary/aromatic N) is 1. The summed E-state index contributed by atoms with van der Waals surface area (Å²) in [6.07, 6.45) is 4.10. The Hall–Kier alpha value is -1.88. The predicted octanol–water partition coefficient (Wildman–Crippen LogP) is 3.53. The Bertz CT molecular complexity index is 653. The van der Waals surface area contributed by atoms with Crippen LogP contribution < -0.4 is 0 Å². The number of rotatable bonds is 5. The van der Waals surface area contributed by atoms with Gasteiger partial charge in [0.1, 0.15) is 18.6 Å². The molecule has 5 nitrogen and oxygen atoms in total. The summed E-state index contributed by atoms with van der Waals surface area (Å²) in [5, 5.41) is 0. The van der Waals surface area contributed by atoms with E-state index < -0.39 is 11.3 Å². The van der Waals surface area contributed by atoms with Gasteiger partial charge in [-0.25, -0.2) is 0 Å². The van der Waals surface area contributed by atoms with E-state index in [9.17, 15) is 9.59 Å². The molecule has 0 spiro atoms. The van der Waals surface area contributed by atoms with Crippen molar-refractivity contribution >= 4 is 11.9 Å². The first-order valence-corrected chi connectivity index (χ1v) is 9.90. The van der Waals surface area contributed by atoms with E-state index >= 15 is 0 Å². The summed E-state index contributed by atoms with van der Waals surface area (Å²) in [5.41, 5.74) is 0.221. The van der Waals surface area contributed by atoms with Crippen LogP contribution in [0.1, 0.15) is 57.9 Å². The number of ether oxygens (including phenoxy) is 2. The van der Waals surface area contributed by atoms with E-state index in [2.05, 4.69) is 11.9 Å². The third kappa shape index (κ3) is 4.70. The second-order valence-corrected chi connectivity index (χ2v) is 8.89. The third-order valence-corrected chi connectivity index (χ3v) is 5.82. The molecule has 0 aliphatic carbocycles. The number of fused-ring (bicyclic) bond motifs is 2. The Morgan fingerprint density at radius 1 is 1.11 bits per heavy atom. The number of hydrogen-bond donors (Lipinski definition) is 0. The standard InChI is InChI=1S/C22H31NO4/c1-22(2,3)21(25)26-14-19(15-8-6-5-7-9-15)20(24)27-18-12-16-10-11-17(13-18)23(16)4/h5-9,16-19H,10-14H2,1-4H3. The minimum Gasteiger partial charge on any atom is -0.464 e. The molecule has 2 aliphatic heterocycles. The lowest BCUT2D eigenvalue weighted by Crippen LogP contribution is -2.44. The molecule has 2 heterocycles. The first-order chi connectivity index (χ1) is 12.8. The molecule has 3 unspecified atom stereocenters. The Morgan fingerprint density at radius 3 is 2.26 bits per heavy atom. The monoisotopic (exact) mass is 373 g/mol. The van der Waals surface area contributed by atoms with Crippen LogP contribution in [0, 0.1) is 5.41 Å². The van der Waals surface area contributed by atoms with Gasteiger partial charge in [-0.05, 0) is 59.1 Å². The van der Waals surface area contributed by atoms with Gasteiger partial charge in [0.2, 0.25) is 0 Å². The van der Waals surface area contributed by atoms with Crippen molar-refractivity contribution in [1.29, 1.82) is 0 Å². The average Bonchev–Trinajstić information content (AvgIpc) is 2.82. The van der Waals surface area contributed by atoms with Crippen molar-refractivity contribution in [1.82, 2.24) is 4.90 Å². The SMILES string of the molecule is CN1C2CCC1CC(OC(=O)C(COC(=O)C(C)(C)C)c1ccccc1)C2. The zero-order valence-corrected chi connectivity index (χ0v) is 16.8. The zero-order chi connectivity index (χ0) is 19.6. The summed E-state index contributed by atoms with van der Waals surface area (Å²) < 4.78 is 11.4. The third-order valence-electron chi connectivity index (χ3n) is 5.82. The number of piperidine rings is 1. The molecule has 3 atom stereocenters. The Labute approximate surface area is 162 Å². The van der Waals surface area contributed by atoms with Crippen LogP contribution in [0.2, 0.25) is 0 Å². The summed E-state index contributed by atoms with van der Waals surface area (Å²) >= 11 is 0. The molecule has 27 heavy (non-hydrogen) atoms. The molecule has 0 amide bonds. The zero-order valence-electron chi connectivity index (χ0n) is 16.8. The lowest BCUT2D eigenvalue weighted by Gasteiger charge is -2.36. The summed E-state index contributed by atoms with van der Waals surface area (Å²) in [5.74, 6) is -1.19. The van der Waals surface area contributed by atoms with E-state index in [0.717, 1.165) is 18.4 Å². The van der Waals surface area contributed by atoms with E-state index in [-0.39, 0.29) is 24.6 Å². The maximum atomic E-state index is 13.0. The molecule has 2 bridgehead atoms. The number of esters is 2. The van der Waals surface area contributed by atoms with Crippen LogP contribution >= 0.6 is 0 Å². The molecule has 5 heteroatoms. The molecule has 2 aliphatic rings. The molecule has 0 radical (unpaired) electrons. The van der Waals surface area contributed by atoms with E-state index in [4.69, 9.17) is 9.47 Å².